The summed E-state index contributed by atoms with van der Waals surface area (Å²) in [4.78, 5) is 0. The molecule has 0 radical (unpaired) electrons. The van der Waals surface area contributed by atoms with Gasteiger partial charge in [-0.1, -0.05) is 37.3 Å². The number of hydrogen-bond donors (Lipinski definition) is 4. The summed E-state index contributed by atoms with van der Waals surface area (Å²) >= 11 is 0. The summed E-state index contributed by atoms with van der Waals surface area (Å²) in [6.45, 7) is 2.65. The number of hydrogen-bond acceptors (Lipinski definition) is 4. The average Bonchev–Trinajstić information content (AvgIpc) is 2.43. The van der Waals surface area contributed by atoms with Gasteiger partial charge in [-0.25, -0.2) is 0 Å². The molecule has 0 saturated heterocycles. The van der Waals surface area contributed by atoms with Crippen LogP contribution in [0.2, 0.25) is 0 Å². The van der Waals surface area contributed by atoms with Crippen molar-refractivity contribution in [3.63, 3.8) is 0 Å². The first kappa shape index (κ1) is 14.5. The summed E-state index contributed by atoms with van der Waals surface area (Å²) in [5.74, 6) is -0.00683. The average molecular weight is 265 g/mol. The predicted molar refractivity (Wildman–Crippen MR) is 73.7 cm³/mol. The second kappa shape index (κ2) is 6.48. The summed E-state index contributed by atoms with van der Waals surface area (Å²) in [7, 11) is 0. The van der Waals surface area contributed by atoms with Crippen molar-refractivity contribution in [2.75, 3.05) is 6.54 Å². The number of aliphatic hydroxyl groups is 3. The molecule has 2 unspecified atom stereocenters. The van der Waals surface area contributed by atoms with Gasteiger partial charge in [0.25, 0.3) is 0 Å². The Morgan fingerprint density at radius 2 is 1.74 bits per heavy atom. The predicted octanol–water partition coefficient (Wildman–Crippen LogP) is 0.310. The normalized spacial score (nSPS) is 35.3. The maximum Gasteiger partial charge on any atom is 0.107 e. The molecule has 1 aromatic carbocycles. The SMILES string of the molecule is CC1C[C@H](NCCc2ccccc2)[C@@H](O)C(O)[C@@H]1O. The van der Waals surface area contributed by atoms with E-state index in [1.54, 1.807) is 0 Å². The molecule has 5 atom stereocenters. The van der Waals surface area contributed by atoms with Crippen LogP contribution in [0.25, 0.3) is 0 Å². The van der Waals surface area contributed by atoms with Crippen LogP contribution in [0.15, 0.2) is 30.3 Å². The van der Waals surface area contributed by atoms with Gasteiger partial charge in [0.05, 0.1) is 12.2 Å². The van der Waals surface area contributed by atoms with Gasteiger partial charge in [-0.2, -0.15) is 0 Å². The minimum Gasteiger partial charge on any atom is -0.390 e. The molecule has 1 aliphatic rings. The van der Waals surface area contributed by atoms with Crippen LogP contribution >= 0.6 is 0 Å². The minimum atomic E-state index is -1.06. The van der Waals surface area contributed by atoms with E-state index in [4.69, 9.17) is 0 Å². The first-order chi connectivity index (χ1) is 9.09. The van der Waals surface area contributed by atoms with Gasteiger partial charge in [0.2, 0.25) is 0 Å². The van der Waals surface area contributed by atoms with E-state index >= 15 is 0 Å². The molecule has 0 amide bonds. The van der Waals surface area contributed by atoms with Crippen molar-refractivity contribution in [1.29, 1.82) is 0 Å². The van der Waals surface area contributed by atoms with Gasteiger partial charge in [0.15, 0.2) is 0 Å². The van der Waals surface area contributed by atoms with Crippen LogP contribution in [-0.4, -0.2) is 46.2 Å². The lowest BCUT2D eigenvalue weighted by Crippen LogP contribution is -2.57. The highest BCUT2D eigenvalue weighted by Gasteiger charge is 2.40. The zero-order valence-electron chi connectivity index (χ0n) is 11.2. The molecule has 1 aromatic rings. The monoisotopic (exact) mass is 265 g/mol. The molecular weight excluding hydrogens is 242 g/mol. The lowest BCUT2D eigenvalue weighted by atomic mass is 9.80. The largest absolute Gasteiger partial charge is 0.390 e. The van der Waals surface area contributed by atoms with Crippen molar-refractivity contribution in [3.8, 4) is 0 Å². The highest BCUT2D eigenvalue weighted by Crippen LogP contribution is 2.25. The van der Waals surface area contributed by atoms with Crippen LogP contribution in [0.5, 0.6) is 0 Å². The Kier molecular flexibility index (Phi) is 4.93. The molecule has 2 rings (SSSR count). The summed E-state index contributed by atoms with van der Waals surface area (Å²) in [5, 5.41) is 32.7. The smallest absolute Gasteiger partial charge is 0.107 e. The molecule has 0 spiro atoms. The van der Waals surface area contributed by atoms with E-state index < -0.39 is 18.3 Å². The summed E-state index contributed by atoms with van der Waals surface area (Å²) in [6.07, 6.45) is -1.23. The molecule has 1 aliphatic carbocycles. The van der Waals surface area contributed by atoms with Crippen molar-refractivity contribution in [3.05, 3.63) is 35.9 Å². The molecule has 0 bridgehead atoms. The van der Waals surface area contributed by atoms with E-state index in [2.05, 4.69) is 17.4 Å². The highest BCUT2D eigenvalue weighted by molar-refractivity contribution is 5.14. The third kappa shape index (κ3) is 3.54. The second-order valence-electron chi connectivity index (χ2n) is 5.48. The van der Waals surface area contributed by atoms with Crippen molar-refractivity contribution >= 4 is 0 Å². The first-order valence-electron chi connectivity index (χ1n) is 6.91. The Labute approximate surface area is 114 Å². The topological polar surface area (TPSA) is 72.7 Å². The number of rotatable bonds is 4. The molecule has 0 aromatic heterocycles. The van der Waals surface area contributed by atoms with E-state index in [0.29, 0.717) is 6.42 Å². The van der Waals surface area contributed by atoms with Crippen molar-refractivity contribution in [2.45, 2.75) is 44.1 Å². The molecule has 4 N–H and O–H groups in total. The quantitative estimate of drug-likeness (QED) is 0.632. The highest BCUT2D eigenvalue weighted by atomic mass is 16.4. The Balaban J connectivity index is 1.82. The Morgan fingerprint density at radius 3 is 2.42 bits per heavy atom. The summed E-state index contributed by atoms with van der Waals surface area (Å²) in [5.41, 5.74) is 1.24. The van der Waals surface area contributed by atoms with Crippen molar-refractivity contribution in [1.82, 2.24) is 5.32 Å². The van der Waals surface area contributed by atoms with Crippen LogP contribution in [-0.2, 0) is 6.42 Å². The van der Waals surface area contributed by atoms with Crippen molar-refractivity contribution < 1.29 is 15.3 Å². The van der Waals surface area contributed by atoms with Crippen LogP contribution in [0.1, 0.15) is 18.9 Å². The Bertz CT molecular complexity index is 384. The molecule has 4 heteroatoms. The van der Waals surface area contributed by atoms with Crippen LogP contribution in [0.3, 0.4) is 0 Å². The third-order valence-electron chi connectivity index (χ3n) is 3.98. The molecule has 4 nitrogen and oxygen atoms in total. The maximum absolute atomic E-state index is 9.95. The molecule has 1 saturated carbocycles. The van der Waals surface area contributed by atoms with Gasteiger partial charge < -0.3 is 20.6 Å². The fourth-order valence-corrected chi connectivity index (χ4v) is 2.71. The number of nitrogens with one attached hydrogen (secondary N) is 1. The van der Waals surface area contributed by atoms with Gasteiger partial charge in [-0.3, -0.25) is 0 Å². The van der Waals surface area contributed by atoms with E-state index in [1.807, 2.05) is 25.1 Å². The van der Waals surface area contributed by atoms with Gasteiger partial charge in [0, 0.05) is 6.04 Å². The summed E-state index contributed by atoms with van der Waals surface area (Å²) in [6, 6.07) is 9.99. The Hall–Kier alpha value is -0.940. The van der Waals surface area contributed by atoms with Gasteiger partial charge >= 0.3 is 0 Å². The second-order valence-corrected chi connectivity index (χ2v) is 5.48. The maximum atomic E-state index is 9.95. The lowest BCUT2D eigenvalue weighted by molar-refractivity contribution is -0.119. The fourth-order valence-electron chi connectivity index (χ4n) is 2.71. The van der Waals surface area contributed by atoms with E-state index in [-0.39, 0.29) is 12.0 Å². The Morgan fingerprint density at radius 1 is 1.05 bits per heavy atom. The van der Waals surface area contributed by atoms with Gasteiger partial charge in [-0.15, -0.1) is 0 Å². The van der Waals surface area contributed by atoms with E-state index in [9.17, 15) is 15.3 Å². The fraction of sp³-hybridized carbons (Fsp3) is 0.600. The third-order valence-corrected chi connectivity index (χ3v) is 3.98. The first-order valence-corrected chi connectivity index (χ1v) is 6.91. The van der Waals surface area contributed by atoms with E-state index in [1.165, 1.54) is 5.56 Å². The van der Waals surface area contributed by atoms with Gasteiger partial charge in [-0.05, 0) is 30.9 Å². The lowest BCUT2D eigenvalue weighted by Gasteiger charge is -2.39. The van der Waals surface area contributed by atoms with Gasteiger partial charge in [0.1, 0.15) is 6.10 Å². The number of aliphatic hydroxyl groups excluding tert-OH is 3. The summed E-state index contributed by atoms with van der Waals surface area (Å²) < 4.78 is 0. The molecule has 106 valence electrons. The van der Waals surface area contributed by atoms with Crippen LogP contribution in [0.4, 0.5) is 0 Å². The van der Waals surface area contributed by atoms with Crippen LogP contribution in [0, 0.1) is 5.92 Å². The van der Waals surface area contributed by atoms with Crippen LogP contribution < -0.4 is 5.32 Å². The zero-order valence-corrected chi connectivity index (χ0v) is 11.2. The molecule has 1 fully saturated rings. The molecule has 0 aliphatic heterocycles. The molecule has 19 heavy (non-hydrogen) atoms. The minimum absolute atomic E-state index is 0.00683. The molecule has 0 heterocycles. The standard InChI is InChI=1S/C15H23NO3/c1-10-9-12(14(18)15(19)13(10)17)16-8-7-11-5-3-2-4-6-11/h2-6,10,12-19H,7-9H2,1H3/t10?,12-,13+,14+,15?/m0/s1. The zero-order chi connectivity index (χ0) is 13.8. The number of benzene rings is 1. The molecular formula is C15H23NO3. The van der Waals surface area contributed by atoms with Crippen molar-refractivity contribution in [2.24, 2.45) is 5.92 Å². The van der Waals surface area contributed by atoms with E-state index in [0.717, 1.165) is 13.0 Å².